The predicted molar refractivity (Wildman–Crippen MR) is 67.4 cm³/mol. The Bertz CT molecular complexity index is 514. The Morgan fingerprint density at radius 3 is 2.82 bits per heavy atom. The molecule has 0 amide bonds. The minimum atomic E-state index is 0.613. The lowest BCUT2D eigenvalue weighted by Crippen LogP contribution is -2.27. The number of rotatable bonds is 3. The van der Waals surface area contributed by atoms with Crippen LogP contribution in [0.25, 0.3) is 5.82 Å². The van der Waals surface area contributed by atoms with Crippen LogP contribution in [0.15, 0.2) is 30.7 Å². The highest BCUT2D eigenvalue weighted by molar-refractivity contribution is 5.57. The summed E-state index contributed by atoms with van der Waals surface area (Å²) in [6.07, 6.45) is 9.42. The van der Waals surface area contributed by atoms with E-state index in [2.05, 4.69) is 21.4 Å². The van der Waals surface area contributed by atoms with Crippen LogP contribution in [0.2, 0.25) is 0 Å². The Morgan fingerprint density at radius 2 is 2.18 bits per heavy atom. The number of aromatic nitrogens is 3. The van der Waals surface area contributed by atoms with Gasteiger partial charge in [0.2, 0.25) is 0 Å². The molecule has 4 heteroatoms. The van der Waals surface area contributed by atoms with Gasteiger partial charge in [-0.25, -0.2) is 9.97 Å². The number of hydrogen-bond donors (Lipinski definition) is 1. The average Bonchev–Trinajstić information content (AvgIpc) is 2.70. The van der Waals surface area contributed by atoms with Gasteiger partial charge >= 0.3 is 0 Å². The maximum Gasteiger partial charge on any atom is 0.161 e. The maximum atomic E-state index is 4.45. The van der Waals surface area contributed by atoms with Crippen molar-refractivity contribution in [3.8, 4) is 5.82 Å². The average molecular weight is 228 g/mol. The lowest BCUT2D eigenvalue weighted by atomic mass is 9.93. The van der Waals surface area contributed by atoms with Gasteiger partial charge in [-0.1, -0.05) is 0 Å². The van der Waals surface area contributed by atoms with Crippen LogP contribution in [-0.4, -0.2) is 20.6 Å². The molecule has 0 saturated heterocycles. The van der Waals surface area contributed by atoms with Crippen LogP contribution in [0.5, 0.6) is 0 Å². The molecule has 2 heterocycles. The third kappa shape index (κ3) is 1.90. The molecule has 1 aliphatic rings. The number of pyridine rings is 1. The molecule has 88 valence electrons. The van der Waals surface area contributed by atoms with Gasteiger partial charge in [0.15, 0.2) is 5.82 Å². The second-order valence-corrected chi connectivity index (χ2v) is 4.49. The van der Waals surface area contributed by atoms with Gasteiger partial charge in [-0.05, 0) is 38.3 Å². The van der Waals surface area contributed by atoms with Crippen LogP contribution in [0.4, 0.5) is 5.69 Å². The lowest BCUT2D eigenvalue weighted by molar-refractivity contribution is 0.445. The highest BCUT2D eigenvalue weighted by Crippen LogP contribution is 2.26. The van der Waals surface area contributed by atoms with Crippen molar-refractivity contribution in [1.29, 1.82) is 0 Å². The number of nitrogens with zero attached hydrogens (tertiary/aromatic N) is 3. The smallest absolute Gasteiger partial charge is 0.161 e. The molecule has 2 aromatic rings. The van der Waals surface area contributed by atoms with E-state index in [4.69, 9.17) is 0 Å². The van der Waals surface area contributed by atoms with E-state index in [0.717, 1.165) is 17.3 Å². The van der Waals surface area contributed by atoms with Gasteiger partial charge in [-0.3, -0.25) is 4.57 Å². The summed E-state index contributed by atoms with van der Waals surface area (Å²) < 4.78 is 2.01. The molecule has 1 N–H and O–H groups in total. The first kappa shape index (κ1) is 10.3. The fourth-order valence-corrected chi connectivity index (χ4v) is 2.08. The van der Waals surface area contributed by atoms with E-state index in [1.54, 1.807) is 6.20 Å². The second kappa shape index (κ2) is 4.20. The Morgan fingerprint density at radius 1 is 1.29 bits per heavy atom. The molecule has 1 aliphatic carbocycles. The number of nitrogens with one attached hydrogen (secondary N) is 1. The summed E-state index contributed by atoms with van der Waals surface area (Å²) in [6, 6.07) is 4.67. The molecule has 0 aromatic carbocycles. The molecule has 0 spiro atoms. The molecule has 1 saturated carbocycles. The fourth-order valence-electron chi connectivity index (χ4n) is 2.08. The summed E-state index contributed by atoms with van der Waals surface area (Å²) in [7, 11) is 0. The molecule has 0 atom stereocenters. The topological polar surface area (TPSA) is 42.7 Å². The zero-order valence-electron chi connectivity index (χ0n) is 9.93. The molecule has 0 radical (unpaired) electrons. The van der Waals surface area contributed by atoms with E-state index in [1.807, 2.05) is 30.0 Å². The second-order valence-electron chi connectivity index (χ2n) is 4.49. The monoisotopic (exact) mass is 228 g/mol. The summed E-state index contributed by atoms with van der Waals surface area (Å²) in [4.78, 5) is 8.70. The van der Waals surface area contributed by atoms with Crippen molar-refractivity contribution in [3.05, 3.63) is 36.5 Å². The Balaban J connectivity index is 1.95. The number of hydrogen-bond acceptors (Lipinski definition) is 3. The van der Waals surface area contributed by atoms with Gasteiger partial charge in [0, 0.05) is 24.6 Å². The summed E-state index contributed by atoms with van der Waals surface area (Å²) >= 11 is 0. The minimum Gasteiger partial charge on any atom is -0.379 e. The predicted octanol–water partition coefficient (Wildman–Crippen LogP) is 2.54. The third-order valence-corrected chi connectivity index (χ3v) is 3.31. The SMILES string of the molecule is Cc1nccn1-c1ncccc1NC1CCC1. The van der Waals surface area contributed by atoms with Crippen molar-refractivity contribution in [3.63, 3.8) is 0 Å². The zero-order valence-corrected chi connectivity index (χ0v) is 9.93. The van der Waals surface area contributed by atoms with Crippen molar-refractivity contribution in [1.82, 2.24) is 14.5 Å². The minimum absolute atomic E-state index is 0.613. The fraction of sp³-hybridized carbons (Fsp3) is 0.385. The molecule has 2 aromatic heterocycles. The first-order valence-corrected chi connectivity index (χ1v) is 6.06. The molecule has 0 unspecified atom stereocenters. The molecular formula is C13H16N4. The number of anilines is 1. The van der Waals surface area contributed by atoms with E-state index < -0.39 is 0 Å². The number of imidazole rings is 1. The Labute approximate surface area is 101 Å². The molecule has 0 bridgehead atoms. The zero-order chi connectivity index (χ0) is 11.7. The van der Waals surface area contributed by atoms with Crippen molar-refractivity contribution >= 4 is 5.69 Å². The van der Waals surface area contributed by atoms with Gasteiger partial charge in [0.25, 0.3) is 0 Å². The quantitative estimate of drug-likeness (QED) is 0.877. The van der Waals surface area contributed by atoms with Gasteiger partial charge in [0.05, 0.1) is 5.69 Å². The van der Waals surface area contributed by atoms with Crippen LogP contribution in [0.1, 0.15) is 25.1 Å². The lowest BCUT2D eigenvalue weighted by Gasteiger charge is -2.28. The normalized spacial score (nSPS) is 15.6. The summed E-state index contributed by atoms with van der Waals surface area (Å²) in [5.41, 5.74) is 1.10. The van der Waals surface area contributed by atoms with Crippen LogP contribution >= 0.6 is 0 Å². The highest BCUT2D eigenvalue weighted by atomic mass is 15.1. The van der Waals surface area contributed by atoms with E-state index in [9.17, 15) is 0 Å². The van der Waals surface area contributed by atoms with Gasteiger partial charge in [0.1, 0.15) is 5.82 Å². The molecule has 0 aliphatic heterocycles. The van der Waals surface area contributed by atoms with E-state index in [0.29, 0.717) is 6.04 Å². The van der Waals surface area contributed by atoms with Gasteiger partial charge < -0.3 is 5.32 Å². The van der Waals surface area contributed by atoms with Crippen molar-refractivity contribution in [2.45, 2.75) is 32.2 Å². The molecular weight excluding hydrogens is 212 g/mol. The largest absolute Gasteiger partial charge is 0.379 e. The third-order valence-electron chi connectivity index (χ3n) is 3.31. The summed E-state index contributed by atoms with van der Waals surface area (Å²) in [5, 5.41) is 3.55. The molecule has 1 fully saturated rings. The number of aryl methyl sites for hydroxylation is 1. The Kier molecular flexibility index (Phi) is 2.55. The van der Waals surface area contributed by atoms with Crippen molar-refractivity contribution < 1.29 is 0 Å². The molecule has 17 heavy (non-hydrogen) atoms. The van der Waals surface area contributed by atoms with Gasteiger partial charge in [-0.15, -0.1) is 0 Å². The molecule has 3 rings (SSSR count). The van der Waals surface area contributed by atoms with Crippen molar-refractivity contribution in [2.24, 2.45) is 0 Å². The van der Waals surface area contributed by atoms with Crippen LogP contribution in [-0.2, 0) is 0 Å². The van der Waals surface area contributed by atoms with Crippen LogP contribution < -0.4 is 5.32 Å². The first-order valence-electron chi connectivity index (χ1n) is 6.06. The summed E-state index contributed by atoms with van der Waals surface area (Å²) in [5.74, 6) is 1.90. The van der Waals surface area contributed by atoms with Gasteiger partial charge in [-0.2, -0.15) is 0 Å². The first-order chi connectivity index (χ1) is 8.34. The maximum absolute atomic E-state index is 4.45. The Hall–Kier alpha value is -1.84. The van der Waals surface area contributed by atoms with E-state index in [1.165, 1.54) is 19.3 Å². The van der Waals surface area contributed by atoms with Crippen LogP contribution in [0, 0.1) is 6.92 Å². The van der Waals surface area contributed by atoms with Crippen molar-refractivity contribution in [2.75, 3.05) is 5.32 Å². The summed E-state index contributed by atoms with van der Waals surface area (Å²) in [6.45, 7) is 1.99. The molecule has 4 nitrogen and oxygen atoms in total. The van der Waals surface area contributed by atoms with Crippen LogP contribution in [0.3, 0.4) is 0 Å². The van der Waals surface area contributed by atoms with E-state index in [-0.39, 0.29) is 0 Å². The van der Waals surface area contributed by atoms with E-state index >= 15 is 0 Å². The highest BCUT2D eigenvalue weighted by Gasteiger charge is 2.18. The standard InChI is InChI=1S/C13H16N4/c1-10-14-8-9-17(10)13-12(6-3-7-15-13)16-11-4-2-5-11/h3,6-9,11,16H,2,4-5H2,1H3.